The van der Waals surface area contributed by atoms with Gasteiger partial charge in [0.15, 0.2) is 0 Å². The zero-order valence-electron chi connectivity index (χ0n) is 16.2. The van der Waals surface area contributed by atoms with Crippen molar-refractivity contribution in [1.82, 2.24) is 4.90 Å². The summed E-state index contributed by atoms with van der Waals surface area (Å²) < 4.78 is 5.11. The molecule has 1 atom stereocenters. The summed E-state index contributed by atoms with van der Waals surface area (Å²) in [6.45, 7) is 0.0339. The van der Waals surface area contributed by atoms with Crippen molar-refractivity contribution in [2.75, 3.05) is 13.7 Å². The van der Waals surface area contributed by atoms with Crippen LogP contribution in [-0.2, 0) is 14.4 Å². The summed E-state index contributed by atoms with van der Waals surface area (Å²) in [4.78, 5) is 37.7. The fourth-order valence-electron chi connectivity index (χ4n) is 3.44. The Bertz CT molecular complexity index is 1010. The molecule has 1 fully saturated rings. The van der Waals surface area contributed by atoms with E-state index in [1.807, 2.05) is 0 Å². The quantitative estimate of drug-likeness (QED) is 0.395. The minimum absolute atomic E-state index is 0.0339. The van der Waals surface area contributed by atoms with Gasteiger partial charge >= 0.3 is 5.97 Å². The number of carboxylic acid groups (broad SMARTS) is 1. The molecule has 1 heterocycles. The lowest BCUT2D eigenvalue weighted by Crippen LogP contribution is -2.31. The van der Waals surface area contributed by atoms with Crippen molar-refractivity contribution in [2.45, 2.75) is 18.9 Å². The van der Waals surface area contributed by atoms with Crippen LogP contribution in [0.25, 0.3) is 5.76 Å². The number of methoxy groups -OCH3 is 1. The first-order valence-electron chi connectivity index (χ1n) is 9.24. The number of benzene rings is 2. The van der Waals surface area contributed by atoms with E-state index in [9.17, 15) is 19.5 Å². The molecule has 2 aromatic carbocycles. The number of ketones is 1. The lowest BCUT2D eigenvalue weighted by atomic mass is 9.95. The van der Waals surface area contributed by atoms with Gasteiger partial charge in [0.05, 0.1) is 18.7 Å². The maximum absolute atomic E-state index is 12.9. The van der Waals surface area contributed by atoms with Crippen molar-refractivity contribution in [3.63, 3.8) is 0 Å². The van der Waals surface area contributed by atoms with E-state index < -0.39 is 23.7 Å². The Morgan fingerprint density at radius 3 is 2.37 bits per heavy atom. The van der Waals surface area contributed by atoms with Crippen molar-refractivity contribution in [3.05, 3.63) is 70.3 Å². The van der Waals surface area contributed by atoms with Crippen LogP contribution in [0.15, 0.2) is 54.1 Å². The molecule has 7 nitrogen and oxygen atoms in total. The fraction of sp³-hybridized carbons (Fsp3) is 0.227. The average molecular weight is 430 g/mol. The van der Waals surface area contributed by atoms with Crippen LogP contribution < -0.4 is 4.74 Å². The van der Waals surface area contributed by atoms with Crippen molar-refractivity contribution < 1.29 is 29.3 Å². The second kappa shape index (κ2) is 9.00. The number of ether oxygens (including phenoxy) is 1. The van der Waals surface area contributed by atoms with Gasteiger partial charge in [0.1, 0.15) is 11.5 Å². The SMILES string of the molecule is COc1ccc(C(O)=C2C(=O)C(=O)N(CCCC(=O)O)[C@@H]2c2ccccc2Cl)cc1. The van der Waals surface area contributed by atoms with Crippen molar-refractivity contribution in [2.24, 2.45) is 0 Å². The standard InChI is InChI=1S/C22H20ClNO6/c1-30-14-10-8-13(9-11-14)20(27)18-19(15-5-2-3-6-16(15)23)24(22(29)21(18)28)12-4-7-17(25)26/h2-3,5-6,8-11,19,27H,4,7,12H2,1H3,(H,25,26)/t19-/m1/s1. The summed E-state index contributed by atoms with van der Waals surface area (Å²) in [5.41, 5.74) is 0.730. The number of aliphatic hydroxyl groups is 1. The van der Waals surface area contributed by atoms with Crippen molar-refractivity contribution in [3.8, 4) is 5.75 Å². The Hall–Kier alpha value is -3.32. The number of Topliss-reactive ketones (excluding diaryl/α,β-unsaturated/α-hetero) is 1. The lowest BCUT2D eigenvalue weighted by Gasteiger charge is -2.25. The third kappa shape index (κ3) is 4.16. The number of likely N-dealkylation sites (tertiary alicyclic amines) is 1. The number of nitrogens with zero attached hydrogens (tertiary/aromatic N) is 1. The van der Waals surface area contributed by atoms with E-state index in [1.165, 1.54) is 12.0 Å². The average Bonchev–Trinajstić information content (AvgIpc) is 2.98. The van der Waals surface area contributed by atoms with Gasteiger partial charge in [0.2, 0.25) is 0 Å². The van der Waals surface area contributed by atoms with Gasteiger partial charge in [-0.25, -0.2) is 0 Å². The van der Waals surface area contributed by atoms with Gasteiger partial charge in [-0.2, -0.15) is 0 Å². The van der Waals surface area contributed by atoms with Crippen LogP contribution in [0.4, 0.5) is 0 Å². The fourth-order valence-corrected chi connectivity index (χ4v) is 3.67. The number of hydrogen-bond acceptors (Lipinski definition) is 5. The second-order valence-corrected chi connectivity index (χ2v) is 7.15. The Labute approximate surface area is 178 Å². The molecule has 1 aliphatic rings. The zero-order chi connectivity index (χ0) is 21.8. The minimum atomic E-state index is -1.00. The van der Waals surface area contributed by atoms with Gasteiger partial charge in [-0.3, -0.25) is 14.4 Å². The number of halogens is 1. The van der Waals surface area contributed by atoms with Gasteiger partial charge in [-0.15, -0.1) is 0 Å². The maximum atomic E-state index is 12.9. The largest absolute Gasteiger partial charge is 0.507 e. The molecule has 1 saturated heterocycles. The Morgan fingerprint density at radius 1 is 1.10 bits per heavy atom. The van der Waals surface area contributed by atoms with Gasteiger partial charge < -0.3 is 19.8 Å². The number of carbonyl (C=O) groups is 3. The summed E-state index contributed by atoms with van der Waals surface area (Å²) in [5, 5.41) is 20.2. The Balaban J connectivity index is 2.10. The van der Waals surface area contributed by atoms with Crippen LogP contribution in [0, 0.1) is 0 Å². The van der Waals surface area contributed by atoms with E-state index in [-0.39, 0.29) is 30.7 Å². The third-order valence-corrected chi connectivity index (χ3v) is 5.24. The molecule has 0 saturated carbocycles. The molecule has 0 spiro atoms. The van der Waals surface area contributed by atoms with E-state index in [4.69, 9.17) is 21.4 Å². The molecule has 0 unspecified atom stereocenters. The number of hydrogen-bond donors (Lipinski definition) is 2. The molecule has 2 aromatic rings. The van der Waals surface area contributed by atoms with E-state index in [0.29, 0.717) is 21.9 Å². The van der Waals surface area contributed by atoms with E-state index >= 15 is 0 Å². The van der Waals surface area contributed by atoms with Crippen LogP contribution >= 0.6 is 11.6 Å². The minimum Gasteiger partial charge on any atom is -0.507 e. The number of amides is 1. The maximum Gasteiger partial charge on any atom is 0.303 e. The Kier molecular flexibility index (Phi) is 6.42. The van der Waals surface area contributed by atoms with E-state index in [1.54, 1.807) is 48.5 Å². The monoisotopic (exact) mass is 429 g/mol. The Morgan fingerprint density at radius 2 is 1.77 bits per heavy atom. The van der Waals surface area contributed by atoms with Gasteiger partial charge in [0, 0.05) is 23.6 Å². The predicted octanol–water partition coefficient (Wildman–Crippen LogP) is 3.64. The zero-order valence-corrected chi connectivity index (χ0v) is 16.9. The topological polar surface area (TPSA) is 104 Å². The molecule has 1 aliphatic heterocycles. The third-order valence-electron chi connectivity index (χ3n) is 4.89. The molecule has 0 bridgehead atoms. The second-order valence-electron chi connectivity index (χ2n) is 6.74. The smallest absolute Gasteiger partial charge is 0.303 e. The molecular weight excluding hydrogens is 410 g/mol. The number of carboxylic acids is 1. The van der Waals surface area contributed by atoms with Crippen LogP contribution in [0.1, 0.15) is 30.0 Å². The molecule has 3 rings (SSSR count). The van der Waals surface area contributed by atoms with Crippen LogP contribution in [0.5, 0.6) is 5.75 Å². The van der Waals surface area contributed by atoms with E-state index in [2.05, 4.69) is 0 Å². The number of carbonyl (C=O) groups excluding carboxylic acids is 2. The van der Waals surface area contributed by atoms with Crippen LogP contribution in [0.3, 0.4) is 0 Å². The summed E-state index contributed by atoms with van der Waals surface area (Å²) in [6.07, 6.45) is 0.00258. The first-order valence-corrected chi connectivity index (χ1v) is 9.62. The summed E-state index contributed by atoms with van der Waals surface area (Å²) in [5.74, 6) is -2.41. The van der Waals surface area contributed by atoms with Crippen molar-refractivity contribution in [1.29, 1.82) is 0 Å². The highest BCUT2D eigenvalue weighted by Crippen LogP contribution is 2.41. The molecule has 0 aliphatic carbocycles. The molecular formula is C22H20ClNO6. The first kappa shape index (κ1) is 21.4. The molecule has 30 heavy (non-hydrogen) atoms. The summed E-state index contributed by atoms with van der Waals surface area (Å²) in [6, 6.07) is 12.2. The van der Waals surface area contributed by atoms with Crippen LogP contribution in [0.2, 0.25) is 5.02 Å². The molecule has 0 aromatic heterocycles. The molecule has 0 radical (unpaired) electrons. The first-order chi connectivity index (χ1) is 14.3. The summed E-state index contributed by atoms with van der Waals surface area (Å²) >= 11 is 6.34. The van der Waals surface area contributed by atoms with Gasteiger partial charge in [-0.1, -0.05) is 29.8 Å². The van der Waals surface area contributed by atoms with Crippen LogP contribution in [-0.4, -0.2) is 46.4 Å². The van der Waals surface area contributed by atoms with Gasteiger partial charge in [-0.05, 0) is 42.3 Å². The lowest BCUT2D eigenvalue weighted by molar-refractivity contribution is -0.140. The molecule has 8 heteroatoms. The highest BCUT2D eigenvalue weighted by molar-refractivity contribution is 6.47. The normalized spacial score (nSPS) is 17.9. The number of aliphatic carboxylic acids is 1. The number of rotatable bonds is 7. The summed E-state index contributed by atoms with van der Waals surface area (Å²) in [7, 11) is 1.51. The highest BCUT2D eigenvalue weighted by Gasteiger charge is 2.46. The van der Waals surface area contributed by atoms with Crippen molar-refractivity contribution >= 4 is 35.0 Å². The van der Waals surface area contributed by atoms with E-state index in [0.717, 1.165) is 0 Å². The highest BCUT2D eigenvalue weighted by atomic mass is 35.5. The number of aliphatic hydroxyl groups excluding tert-OH is 1. The van der Waals surface area contributed by atoms with Gasteiger partial charge in [0.25, 0.3) is 11.7 Å². The molecule has 2 N–H and O–H groups in total. The molecule has 1 amide bonds. The molecule has 156 valence electrons. The predicted molar refractivity (Wildman–Crippen MR) is 110 cm³/mol.